The molecule has 0 unspecified atom stereocenters. The summed E-state index contributed by atoms with van der Waals surface area (Å²) < 4.78 is 12.5. The molecule has 0 radical (unpaired) electrons. The molecule has 0 saturated heterocycles. The predicted molar refractivity (Wildman–Crippen MR) is 108 cm³/mol. The molecule has 3 rings (SSSR count). The highest BCUT2D eigenvalue weighted by molar-refractivity contribution is 9.10. The number of nitrogens with one attached hydrogen (secondary N) is 2. The Labute approximate surface area is 174 Å². The smallest absolute Gasteiger partial charge is 0.263 e. The van der Waals surface area contributed by atoms with E-state index < -0.39 is 0 Å². The summed E-state index contributed by atoms with van der Waals surface area (Å²) in [7, 11) is 0. The van der Waals surface area contributed by atoms with Crippen LogP contribution in [0.2, 0.25) is 10.0 Å². The van der Waals surface area contributed by atoms with E-state index in [1.54, 1.807) is 12.1 Å². The van der Waals surface area contributed by atoms with Crippen LogP contribution >= 0.6 is 39.1 Å². The van der Waals surface area contributed by atoms with Crippen LogP contribution in [0.3, 0.4) is 0 Å². The van der Waals surface area contributed by atoms with Crippen LogP contribution in [0, 0.1) is 0 Å². The van der Waals surface area contributed by atoms with E-state index >= 15 is 0 Å². The molecule has 1 aromatic heterocycles. The minimum atomic E-state index is 0.329. The van der Waals surface area contributed by atoms with Gasteiger partial charge < -0.3 is 14.8 Å². The fraction of sp³-hybridized carbons (Fsp3) is 0.235. The van der Waals surface area contributed by atoms with Gasteiger partial charge in [-0.2, -0.15) is 5.21 Å². The molecule has 142 valence electrons. The maximum atomic E-state index is 6.06. The monoisotopic (exact) mass is 471 g/mol. The first-order valence-electron chi connectivity index (χ1n) is 8.06. The molecule has 0 aliphatic carbocycles. The van der Waals surface area contributed by atoms with Gasteiger partial charge in [-0.05, 0) is 63.5 Å². The molecule has 0 spiro atoms. The molecule has 27 heavy (non-hydrogen) atoms. The van der Waals surface area contributed by atoms with E-state index in [0.29, 0.717) is 47.3 Å². The zero-order chi connectivity index (χ0) is 19.2. The summed E-state index contributed by atoms with van der Waals surface area (Å²) in [6.07, 6.45) is 0. The van der Waals surface area contributed by atoms with Crippen LogP contribution in [0.1, 0.15) is 18.1 Å². The van der Waals surface area contributed by atoms with Gasteiger partial charge in [-0.25, -0.2) is 0 Å². The summed E-state index contributed by atoms with van der Waals surface area (Å²) >= 11 is 15.6. The minimum Gasteiger partial charge on any atom is -0.490 e. The van der Waals surface area contributed by atoms with Crippen LogP contribution in [0.25, 0.3) is 0 Å². The number of nitrogens with zero attached hydrogens (tertiary/aromatic N) is 3. The zero-order valence-corrected chi connectivity index (χ0v) is 17.4. The van der Waals surface area contributed by atoms with Crippen molar-refractivity contribution in [1.82, 2.24) is 20.6 Å². The van der Waals surface area contributed by atoms with E-state index in [-0.39, 0.29) is 0 Å². The number of aromatic amines is 1. The Morgan fingerprint density at radius 2 is 1.96 bits per heavy atom. The molecule has 7 nitrogen and oxygen atoms in total. The third kappa shape index (κ3) is 5.24. The maximum absolute atomic E-state index is 6.06. The standard InChI is InChI=1S/C17H16BrCl2N5O2/c1-2-26-15-7-11(8-21-17-22-24-25-23-17)5-12(18)16(15)27-9-10-3-4-13(19)14(20)6-10/h3-7H,2,8-9H2,1H3,(H2,21,22,23,24,25). The van der Waals surface area contributed by atoms with Crippen molar-refractivity contribution in [2.45, 2.75) is 20.1 Å². The Morgan fingerprint density at radius 1 is 1.11 bits per heavy atom. The number of rotatable bonds is 8. The van der Waals surface area contributed by atoms with Crippen molar-refractivity contribution in [1.29, 1.82) is 0 Å². The number of aromatic nitrogens is 4. The van der Waals surface area contributed by atoms with E-state index in [1.165, 1.54) is 0 Å². The molecule has 0 amide bonds. The van der Waals surface area contributed by atoms with Gasteiger partial charge in [0.15, 0.2) is 11.5 Å². The first-order chi connectivity index (χ1) is 13.1. The zero-order valence-electron chi connectivity index (χ0n) is 14.3. The number of ether oxygens (including phenoxy) is 2. The van der Waals surface area contributed by atoms with Gasteiger partial charge >= 0.3 is 0 Å². The number of halogens is 3. The third-order valence-corrected chi connectivity index (χ3v) is 4.86. The number of hydrogen-bond donors (Lipinski definition) is 2. The fourth-order valence-electron chi connectivity index (χ4n) is 2.33. The number of anilines is 1. The Morgan fingerprint density at radius 3 is 2.67 bits per heavy atom. The Kier molecular flexibility index (Phi) is 6.76. The normalized spacial score (nSPS) is 10.7. The van der Waals surface area contributed by atoms with E-state index in [1.807, 2.05) is 25.1 Å². The third-order valence-electron chi connectivity index (χ3n) is 3.53. The molecule has 0 bridgehead atoms. The number of H-pyrrole nitrogens is 1. The van der Waals surface area contributed by atoms with Crippen LogP contribution in [0.15, 0.2) is 34.8 Å². The molecule has 0 fully saturated rings. The molecule has 10 heteroatoms. The molecule has 2 aromatic carbocycles. The molecule has 0 saturated carbocycles. The summed E-state index contributed by atoms with van der Waals surface area (Å²) in [4.78, 5) is 0. The molecule has 1 heterocycles. The summed E-state index contributed by atoms with van der Waals surface area (Å²) in [5.41, 5.74) is 1.87. The van der Waals surface area contributed by atoms with E-state index in [4.69, 9.17) is 32.7 Å². The summed E-state index contributed by atoms with van der Waals surface area (Å²) in [5.74, 6) is 1.67. The van der Waals surface area contributed by atoms with Crippen molar-refractivity contribution in [3.8, 4) is 11.5 Å². The number of hydrogen-bond acceptors (Lipinski definition) is 6. The summed E-state index contributed by atoms with van der Waals surface area (Å²) in [6, 6.07) is 9.24. The Hall–Kier alpha value is -2.03. The highest BCUT2D eigenvalue weighted by atomic mass is 79.9. The van der Waals surface area contributed by atoms with Crippen LogP contribution in [0.4, 0.5) is 5.95 Å². The lowest BCUT2D eigenvalue weighted by Gasteiger charge is -2.16. The van der Waals surface area contributed by atoms with Gasteiger partial charge in [0.1, 0.15) is 6.61 Å². The van der Waals surface area contributed by atoms with Gasteiger partial charge in [0.2, 0.25) is 0 Å². The first-order valence-corrected chi connectivity index (χ1v) is 9.61. The summed E-state index contributed by atoms with van der Waals surface area (Å²) in [5, 5.41) is 17.7. The van der Waals surface area contributed by atoms with Crippen LogP contribution in [-0.4, -0.2) is 27.2 Å². The average molecular weight is 473 g/mol. The summed E-state index contributed by atoms with van der Waals surface area (Å²) in [6.45, 7) is 3.26. The van der Waals surface area contributed by atoms with Gasteiger partial charge in [0, 0.05) is 6.54 Å². The van der Waals surface area contributed by atoms with Crippen molar-refractivity contribution in [3.63, 3.8) is 0 Å². The Bertz CT molecular complexity index is 909. The molecular weight excluding hydrogens is 457 g/mol. The highest BCUT2D eigenvalue weighted by Gasteiger charge is 2.13. The van der Waals surface area contributed by atoms with Crippen molar-refractivity contribution in [2.24, 2.45) is 0 Å². The lowest BCUT2D eigenvalue weighted by molar-refractivity contribution is 0.267. The van der Waals surface area contributed by atoms with Gasteiger partial charge in [0.05, 0.1) is 21.1 Å². The van der Waals surface area contributed by atoms with Crippen molar-refractivity contribution in [3.05, 3.63) is 56.0 Å². The number of tetrazole rings is 1. The molecular formula is C17H16BrCl2N5O2. The SMILES string of the molecule is CCOc1cc(CNc2nn[nH]n2)cc(Br)c1OCc1ccc(Cl)c(Cl)c1. The Balaban J connectivity index is 1.75. The fourth-order valence-corrected chi connectivity index (χ4v) is 3.25. The van der Waals surface area contributed by atoms with Crippen LogP contribution in [0.5, 0.6) is 11.5 Å². The lowest BCUT2D eigenvalue weighted by Crippen LogP contribution is -2.04. The van der Waals surface area contributed by atoms with Crippen LogP contribution < -0.4 is 14.8 Å². The van der Waals surface area contributed by atoms with Crippen molar-refractivity contribution < 1.29 is 9.47 Å². The molecule has 0 aliphatic heterocycles. The molecule has 3 aromatic rings. The van der Waals surface area contributed by atoms with Gasteiger partial charge in [-0.15, -0.1) is 5.10 Å². The maximum Gasteiger partial charge on any atom is 0.263 e. The average Bonchev–Trinajstić information content (AvgIpc) is 3.16. The van der Waals surface area contributed by atoms with Gasteiger partial charge in [0.25, 0.3) is 5.95 Å². The van der Waals surface area contributed by atoms with Crippen molar-refractivity contribution in [2.75, 3.05) is 11.9 Å². The van der Waals surface area contributed by atoms with E-state index in [0.717, 1.165) is 15.6 Å². The van der Waals surface area contributed by atoms with Gasteiger partial charge in [-0.1, -0.05) is 34.4 Å². The molecule has 2 N–H and O–H groups in total. The highest BCUT2D eigenvalue weighted by Crippen LogP contribution is 2.38. The second-order valence-corrected chi connectivity index (χ2v) is 7.13. The second kappa shape index (κ2) is 9.25. The number of benzene rings is 2. The van der Waals surface area contributed by atoms with E-state index in [9.17, 15) is 0 Å². The lowest BCUT2D eigenvalue weighted by atomic mass is 10.2. The molecule has 0 atom stereocenters. The van der Waals surface area contributed by atoms with Crippen molar-refractivity contribution >= 4 is 45.1 Å². The predicted octanol–water partition coefficient (Wildman–Crippen LogP) is 4.86. The topological polar surface area (TPSA) is 85.0 Å². The quantitative estimate of drug-likeness (QED) is 0.487. The van der Waals surface area contributed by atoms with Gasteiger partial charge in [-0.3, -0.25) is 0 Å². The minimum absolute atomic E-state index is 0.329. The second-order valence-electron chi connectivity index (χ2n) is 5.46. The van der Waals surface area contributed by atoms with Crippen LogP contribution in [-0.2, 0) is 13.2 Å². The molecule has 0 aliphatic rings. The first kappa shape index (κ1) is 19.7. The van der Waals surface area contributed by atoms with E-state index in [2.05, 4.69) is 41.9 Å². The largest absolute Gasteiger partial charge is 0.490 e.